The number of hydrogen-bond acceptors (Lipinski definition) is 9. The maximum Gasteiger partial charge on any atom is 0.308 e. The molecule has 4 rings (SSSR count). The molecule has 4 atom stereocenters. The molecule has 13 heteroatoms. The average Bonchev–Trinajstić information content (AvgIpc) is 3.61. The van der Waals surface area contributed by atoms with Crippen molar-refractivity contribution in [1.29, 1.82) is 0 Å². The maximum atomic E-state index is 14.0. The van der Waals surface area contributed by atoms with Crippen molar-refractivity contribution in [3.05, 3.63) is 83.4 Å². The molecule has 0 saturated carbocycles. The van der Waals surface area contributed by atoms with Gasteiger partial charge < -0.3 is 35.3 Å². The van der Waals surface area contributed by atoms with Crippen molar-refractivity contribution in [2.24, 2.45) is 5.92 Å². The maximum absolute atomic E-state index is 14.0. The predicted molar refractivity (Wildman–Crippen MR) is 194 cm³/mol. The summed E-state index contributed by atoms with van der Waals surface area (Å²) in [4.78, 5) is 64.0. The number of hydrogen-bond donors (Lipinski definition) is 5. The second-order valence-electron chi connectivity index (χ2n) is 13.2. The van der Waals surface area contributed by atoms with Crippen molar-refractivity contribution in [2.45, 2.75) is 97.2 Å². The van der Waals surface area contributed by atoms with Crippen LogP contribution < -0.4 is 16.0 Å². The number of aliphatic hydroxyl groups is 1. The number of aliphatic hydroxyl groups excluding tert-OH is 1. The van der Waals surface area contributed by atoms with Crippen LogP contribution in [0.2, 0.25) is 0 Å². The summed E-state index contributed by atoms with van der Waals surface area (Å²) < 4.78 is 4.88. The zero-order valence-corrected chi connectivity index (χ0v) is 30.2. The number of nitrogens with one attached hydrogen (secondary N) is 4. The van der Waals surface area contributed by atoms with Gasteiger partial charge in [0.15, 0.2) is 0 Å². The molecule has 0 fully saturated rings. The predicted octanol–water partition coefficient (Wildman–Crippen LogP) is 3.96. The molecule has 2 aromatic carbocycles. The Balaban J connectivity index is 1.48. The van der Waals surface area contributed by atoms with Crippen LogP contribution in [0.15, 0.2) is 60.9 Å². The average molecular weight is 704 g/mol. The van der Waals surface area contributed by atoms with Crippen molar-refractivity contribution in [3.63, 3.8) is 0 Å². The number of aromatic nitrogens is 2. The van der Waals surface area contributed by atoms with E-state index in [1.165, 1.54) is 7.11 Å². The van der Waals surface area contributed by atoms with E-state index in [0.717, 1.165) is 30.4 Å². The van der Waals surface area contributed by atoms with Crippen LogP contribution >= 0.6 is 0 Å². The third-order valence-electron chi connectivity index (χ3n) is 9.10. The summed E-state index contributed by atoms with van der Waals surface area (Å²) in [6.45, 7) is 7.48. The second kappa shape index (κ2) is 19.6. The quantitative estimate of drug-likeness (QED) is 0.0705. The van der Waals surface area contributed by atoms with Crippen LogP contribution in [0.3, 0.4) is 0 Å². The lowest BCUT2D eigenvalue weighted by Crippen LogP contribution is -2.50. The molecule has 1 aromatic heterocycles. The minimum absolute atomic E-state index is 0.0179. The van der Waals surface area contributed by atoms with Crippen LogP contribution in [0, 0.1) is 5.92 Å². The van der Waals surface area contributed by atoms with Crippen LogP contribution in [0.25, 0.3) is 0 Å². The lowest BCUT2D eigenvalue weighted by molar-refractivity contribution is -0.144. The summed E-state index contributed by atoms with van der Waals surface area (Å²) in [5.74, 6) is -0.525. The standard InChI is InChI=1S/C38H53N7O6/c1-5-11-26(3)35(47)43-31(12-6-2)36(48)41-17-10-20-44-24-29-21-28(15-16-30(29)42-32(38(44)50)22-34(46)51-4)37(49)45(25-33-39-18-19-40-33)23-27-13-8-7-9-14-27/h7-9,13-16,18-19,21,26,31-32,35,42-43,47H,5-6,10-12,17,20,22-25H2,1-4H3,(H,39,40)(H,41,48)/t26?,31-,32-,35+/m0/s1. The molecular formula is C38H53N7O6. The molecule has 5 N–H and O–H groups in total. The van der Waals surface area contributed by atoms with Gasteiger partial charge in [0.25, 0.3) is 5.91 Å². The molecule has 1 aliphatic rings. The van der Waals surface area contributed by atoms with E-state index >= 15 is 0 Å². The number of rotatable bonds is 19. The van der Waals surface area contributed by atoms with Gasteiger partial charge in [-0.1, -0.05) is 63.9 Å². The molecule has 2 heterocycles. The van der Waals surface area contributed by atoms with Gasteiger partial charge >= 0.3 is 5.97 Å². The Morgan fingerprint density at radius 1 is 1.10 bits per heavy atom. The van der Waals surface area contributed by atoms with Crippen molar-refractivity contribution >= 4 is 29.4 Å². The molecule has 0 radical (unpaired) electrons. The summed E-state index contributed by atoms with van der Waals surface area (Å²) >= 11 is 0. The SMILES string of the molecule is CCCC(C)[C@@H](O)N[C@@H](CCC)C(=O)NCCCN1Cc2cc(C(=O)N(Cc3ccccc3)Cc3ncc[nH]3)ccc2N[C@@H](CC(=O)OC)C1=O. The van der Waals surface area contributed by atoms with E-state index in [4.69, 9.17) is 4.74 Å². The summed E-state index contributed by atoms with van der Waals surface area (Å²) in [5, 5.41) is 19.8. The molecule has 276 valence electrons. The van der Waals surface area contributed by atoms with E-state index in [1.54, 1.807) is 40.4 Å². The molecule has 1 unspecified atom stereocenters. The Kier molecular flexibility index (Phi) is 15.0. The summed E-state index contributed by atoms with van der Waals surface area (Å²) in [5.41, 5.74) is 2.80. The van der Waals surface area contributed by atoms with Crippen molar-refractivity contribution in [1.82, 2.24) is 30.4 Å². The zero-order chi connectivity index (χ0) is 36.8. The van der Waals surface area contributed by atoms with Crippen molar-refractivity contribution < 1.29 is 29.0 Å². The number of nitrogens with zero attached hydrogens (tertiary/aromatic N) is 3. The first-order chi connectivity index (χ1) is 24.6. The third kappa shape index (κ3) is 11.4. The molecule has 0 aliphatic carbocycles. The Morgan fingerprint density at radius 3 is 2.55 bits per heavy atom. The van der Waals surface area contributed by atoms with Crippen molar-refractivity contribution in [2.75, 3.05) is 25.5 Å². The smallest absolute Gasteiger partial charge is 0.308 e. The second-order valence-corrected chi connectivity index (χ2v) is 13.2. The number of H-pyrrole nitrogens is 1. The van der Waals surface area contributed by atoms with Crippen molar-refractivity contribution in [3.8, 4) is 0 Å². The zero-order valence-electron chi connectivity index (χ0n) is 30.2. The molecule has 3 aromatic rings. The fraction of sp³-hybridized carbons (Fsp3) is 0.500. The van der Waals surface area contributed by atoms with Crippen LogP contribution in [0.4, 0.5) is 5.69 Å². The van der Waals surface area contributed by atoms with E-state index in [-0.39, 0.29) is 43.1 Å². The molecule has 0 bridgehead atoms. The van der Waals surface area contributed by atoms with Crippen LogP contribution in [-0.4, -0.2) is 87.1 Å². The number of fused-ring (bicyclic) bond motifs is 1. The number of anilines is 1. The Labute approximate surface area is 300 Å². The number of methoxy groups -OCH3 is 1. The number of benzene rings is 2. The summed E-state index contributed by atoms with van der Waals surface area (Å²) in [6.07, 6.45) is 6.01. The van der Waals surface area contributed by atoms with E-state index in [9.17, 15) is 24.3 Å². The number of ether oxygens (including phenoxy) is 1. The highest BCUT2D eigenvalue weighted by molar-refractivity contribution is 5.96. The van der Waals surface area contributed by atoms with Crippen LogP contribution in [-0.2, 0) is 38.8 Å². The molecule has 13 nitrogen and oxygen atoms in total. The van der Waals surface area contributed by atoms with Gasteiger partial charge in [-0.25, -0.2) is 4.98 Å². The highest BCUT2D eigenvalue weighted by Gasteiger charge is 2.32. The van der Waals surface area contributed by atoms with E-state index < -0.39 is 24.3 Å². The molecule has 51 heavy (non-hydrogen) atoms. The van der Waals surface area contributed by atoms with Gasteiger partial charge in [0.2, 0.25) is 11.8 Å². The molecule has 1 aliphatic heterocycles. The number of carbonyl (C=O) groups excluding carboxylic acids is 4. The Morgan fingerprint density at radius 2 is 1.86 bits per heavy atom. The fourth-order valence-electron chi connectivity index (χ4n) is 6.25. The van der Waals surface area contributed by atoms with Gasteiger partial charge in [-0.15, -0.1) is 0 Å². The lowest BCUT2D eigenvalue weighted by atomic mass is 10.0. The minimum atomic E-state index is -0.867. The van der Waals surface area contributed by atoms with Gasteiger partial charge in [0.1, 0.15) is 18.1 Å². The van der Waals surface area contributed by atoms with Gasteiger partial charge in [-0.3, -0.25) is 24.5 Å². The van der Waals surface area contributed by atoms with Gasteiger partial charge in [0, 0.05) is 49.8 Å². The topological polar surface area (TPSA) is 169 Å². The lowest BCUT2D eigenvalue weighted by Gasteiger charge is -2.26. The molecular weight excluding hydrogens is 650 g/mol. The summed E-state index contributed by atoms with van der Waals surface area (Å²) in [7, 11) is 1.28. The highest BCUT2D eigenvalue weighted by atomic mass is 16.5. The summed E-state index contributed by atoms with van der Waals surface area (Å²) in [6, 6.07) is 13.6. The number of aromatic amines is 1. The van der Waals surface area contributed by atoms with Gasteiger partial charge in [0.05, 0.1) is 26.1 Å². The van der Waals surface area contributed by atoms with Gasteiger partial charge in [-0.05, 0) is 54.5 Å². The van der Waals surface area contributed by atoms with E-state index in [0.29, 0.717) is 49.6 Å². The van der Waals surface area contributed by atoms with Crippen LogP contribution in [0.5, 0.6) is 0 Å². The Bertz CT molecular complexity index is 1570. The number of esters is 1. The first-order valence-electron chi connectivity index (χ1n) is 17.9. The first kappa shape index (κ1) is 39.0. The van der Waals surface area contributed by atoms with E-state index in [1.807, 2.05) is 44.2 Å². The van der Waals surface area contributed by atoms with E-state index in [2.05, 4.69) is 32.8 Å². The number of imidazole rings is 1. The third-order valence-corrected chi connectivity index (χ3v) is 9.10. The molecule has 0 spiro atoms. The molecule has 3 amide bonds. The Hall–Kier alpha value is -4.75. The number of carbonyl (C=O) groups is 4. The normalized spacial score (nSPS) is 15.9. The van der Waals surface area contributed by atoms with Gasteiger partial charge in [-0.2, -0.15) is 0 Å². The fourth-order valence-corrected chi connectivity index (χ4v) is 6.25. The van der Waals surface area contributed by atoms with Crippen LogP contribution in [0.1, 0.15) is 86.6 Å². The highest BCUT2D eigenvalue weighted by Crippen LogP contribution is 2.27. The minimum Gasteiger partial charge on any atom is -0.469 e. The number of amides is 3. The monoisotopic (exact) mass is 703 g/mol. The molecule has 0 saturated heterocycles. The largest absolute Gasteiger partial charge is 0.469 e. The first-order valence-corrected chi connectivity index (χ1v) is 17.9.